The first-order valence-corrected chi connectivity index (χ1v) is 10.5. The molecule has 0 unspecified atom stereocenters. The third kappa shape index (κ3) is 3.12. The molecule has 0 amide bonds. The topological polar surface area (TPSA) is 44.3 Å². The molecule has 0 spiro atoms. The molecule has 0 bridgehead atoms. The van der Waals surface area contributed by atoms with Crippen LogP contribution in [0.3, 0.4) is 0 Å². The van der Waals surface area contributed by atoms with Gasteiger partial charge in [-0.05, 0) is 52.0 Å². The Labute approximate surface area is 164 Å². The molecule has 1 fully saturated rings. The van der Waals surface area contributed by atoms with Gasteiger partial charge in [0.15, 0.2) is 0 Å². The van der Waals surface area contributed by atoms with E-state index in [0.717, 1.165) is 36.8 Å². The molecule has 3 aromatic rings. The van der Waals surface area contributed by atoms with Gasteiger partial charge in [-0.15, -0.1) is 11.3 Å². The standard InChI is InChI=1S/C21H25N5S/c1-14-3-4-15(10-23-14)19-9-18-20-16(11-24-21(18)27-19)12-25(2)13-26(20)17-5-7-22-8-6-17/h3-4,9-11,17,22H,5-8,12-13H2,1-2H3. The van der Waals surface area contributed by atoms with Crippen molar-refractivity contribution < 1.29 is 0 Å². The number of hydrogen-bond donors (Lipinski definition) is 1. The molecule has 3 aromatic heterocycles. The van der Waals surface area contributed by atoms with Gasteiger partial charge >= 0.3 is 0 Å². The minimum atomic E-state index is 0.600. The van der Waals surface area contributed by atoms with Crippen molar-refractivity contribution in [3.8, 4) is 10.4 Å². The lowest BCUT2D eigenvalue weighted by Crippen LogP contribution is -2.50. The fourth-order valence-electron chi connectivity index (χ4n) is 4.32. The van der Waals surface area contributed by atoms with Crippen molar-refractivity contribution in [2.75, 3.05) is 31.7 Å². The molecule has 0 aromatic carbocycles. The fraction of sp³-hybridized carbons (Fsp3) is 0.429. The summed E-state index contributed by atoms with van der Waals surface area (Å²) in [5.74, 6) is 0. The van der Waals surface area contributed by atoms with Gasteiger partial charge in [-0.2, -0.15) is 0 Å². The zero-order valence-electron chi connectivity index (χ0n) is 15.9. The van der Waals surface area contributed by atoms with Crippen LogP contribution in [0.4, 0.5) is 5.69 Å². The molecule has 2 aliphatic heterocycles. The number of nitrogens with one attached hydrogen (secondary N) is 1. The Kier molecular flexibility index (Phi) is 4.34. The molecular weight excluding hydrogens is 354 g/mol. The first-order chi connectivity index (χ1) is 13.2. The summed E-state index contributed by atoms with van der Waals surface area (Å²) in [6.07, 6.45) is 6.48. The Morgan fingerprint density at radius 3 is 2.78 bits per heavy atom. The van der Waals surface area contributed by atoms with Gasteiger partial charge in [0, 0.05) is 52.1 Å². The smallest absolute Gasteiger partial charge is 0.125 e. The maximum absolute atomic E-state index is 4.80. The van der Waals surface area contributed by atoms with Crippen LogP contribution in [0.15, 0.2) is 30.6 Å². The lowest BCUT2D eigenvalue weighted by molar-refractivity contribution is 0.281. The predicted octanol–water partition coefficient (Wildman–Crippen LogP) is 3.63. The highest BCUT2D eigenvalue weighted by Gasteiger charge is 2.30. The summed E-state index contributed by atoms with van der Waals surface area (Å²) in [5, 5.41) is 4.80. The van der Waals surface area contributed by atoms with Crippen molar-refractivity contribution >= 4 is 27.2 Å². The molecule has 5 heterocycles. The summed E-state index contributed by atoms with van der Waals surface area (Å²) in [6.45, 7) is 6.21. The second kappa shape index (κ2) is 6.86. The third-order valence-electron chi connectivity index (χ3n) is 5.68. The highest BCUT2D eigenvalue weighted by Crippen LogP contribution is 2.41. The van der Waals surface area contributed by atoms with Crippen molar-refractivity contribution in [2.45, 2.75) is 32.4 Å². The van der Waals surface area contributed by atoms with Crippen LogP contribution in [0.25, 0.3) is 20.7 Å². The highest BCUT2D eigenvalue weighted by molar-refractivity contribution is 7.21. The fourth-order valence-corrected chi connectivity index (χ4v) is 5.31. The number of nitrogens with zero attached hydrogens (tertiary/aromatic N) is 4. The van der Waals surface area contributed by atoms with Crippen molar-refractivity contribution in [1.82, 2.24) is 20.2 Å². The Morgan fingerprint density at radius 1 is 1.15 bits per heavy atom. The van der Waals surface area contributed by atoms with Crippen LogP contribution in [0.2, 0.25) is 0 Å². The number of pyridine rings is 2. The molecule has 0 aliphatic carbocycles. The molecule has 1 saturated heterocycles. The van der Waals surface area contributed by atoms with Gasteiger partial charge in [0.05, 0.1) is 12.4 Å². The molecule has 1 N–H and O–H groups in total. The van der Waals surface area contributed by atoms with Gasteiger partial charge in [0.1, 0.15) is 4.83 Å². The number of hydrogen-bond acceptors (Lipinski definition) is 6. The average Bonchev–Trinajstić information content (AvgIpc) is 3.13. The van der Waals surface area contributed by atoms with Gasteiger partial charge in [0.2, 0.25) is 0 Å². The van der Waals surface area contributed by atoms with Crippen molar-refractivity contribution in [3.05, 3.63) is 41.9 Å². The molecule has 0 radical (unpaired) electrons. The van der Waals surface area contributed by atoms with Crippen LogP contribution < -0.4 is 10.2 Å². The summed E-state index contributed by atoms with van der Waals surface area (Å²) in [5.41, 5.74) is 4.99. The van der Waals surface area contributed by atoms with Crippen molar-refractivity contribution in [2.24, 2.45) is 0 Å². The van der Waals surface area contributed by atoms with Gasteiger partial charge in [-0.1, -0.05) is 6.07 Å². The summed E-state index contributed by atoms with van der Waals surface area (Å²) in [7, 11) is 2.21. The first kappa shape index (κ1) is 17.1. The monoisotopic (exact) mass is 379 g/mol. The number of aryl methyl sites for hydroxylation is 1. The van der Waals surface area contributed by atoms with E-state index < -0.39 is 0 Å². The van der Waals surface area contributed by atoms with E-state index in [0.29, 0.717) is 6.04 Å². The van der Waals surface area contributed by atoms with Gasteiger partial charge in [-0.25, -0.2) is 4.98 Å². The number of fused-ring (bicyclic) bond motifs is 3. The average molecular weight is 380 g/mol. The van der Waals surface area contributed by atoms with Gasteiger partial charge < -0.3 is 10.2 Å². The Morgan fingerprint density at radius 2 is 2.00 bits per heavy atom. The SMILES string of the molecule is Cc1ccc(-c2cc3c4c(cnc3s2)CN(C)CN4C2CCNCC2)cn1. The quantitative estimate of drug-likeness (QED) is 0.737. The zero-order chi connectivity index (χ0) is 18.4. The number of rotatable bonds is 2. The predicted molar refractivity (Wildman–Crippen MR) is 112 cm³/mol. The van der Waals surface area contributed by atoms with Gasteiger partial charge in [0.25, 0.3) is 0 Å². The lowest BCUT2D eigenvalue weighted by Gasteiger charge is -2.43. The van der Waals surface area contributed by atoms with E-state index in [2.05, 4.69) is 51.5 Å². The number of anilines is 1. The summed E-state index contributed by atoms with van der Waals surface area (Å²) < 4.78 is 0. The van der Waals surface area contributed by atoms with Crippen molar-refractivity contribution in [1.29, 1.82) is 0 Å². The van der Waals surface area contributed by atoms with E-state index in [9.17, 15) is 0 Å². The molecule has 0 saturated carbocycles. The van der Waals surface area contributed by atoms with E-state index in [1.165, 1.54) is 39.9 Å². The number of piperidine rings is 1. The zero-order valence-corrected chi connectivity index (χ0v) is 16.7. The molecule has 5 nitrogen and oxygen atoms in total. The van der Waals surface area contributed by atoms with Crippen LogP contribution in [0, 0.1) is 6.92 Å². The number of aromatic nitrogens is 2. The van der Waals surface area contributed by atoms with Crippen LogP contribution in [-0.2, 0) is 6.54 Å². The van der Waals surface area contributed by atoms with E-state index in [-0.39, 0.29) is 0 Å². The second-order valence-corrected chi connectivity index (χ2v) is 8.79. The molecule has 5 rings (SSSR count). The maximum Gasteiger partial charge on any atom is 0.125 e. The van der Waals surface area contributed by atoms with Gasteiger partial charge in [-0.3, -0.25) is 9.88 Å². The molecule has 140 valence electrons. The maximum atomic E-state index is 4.80. The summed E-state index contributed by atoms with van der Waals surface area (Å²) in [4.78, 5) is 16.7. The lowest BCUT2D eigenvalue weighted by atomic mass is 10.0. The third-order valence-corrected chi connectivity index (χ3v) is 6.77. The Bertz CT molecular complexity index is 959. The van der Waals surface area contributed by atoms with E-state index >= 15 is 0 Å². The molecule has 6 heteroatoms. The molecule has 2 aliphatic rings. The molecular formula is C21H25N5S. The number of thiophene rings is 1. The van der Waals surface area contributed by atoms with E-state index in [4.69, 9.17) is 4.98 Å². The van der Waals surface area contributed by atoms with Crippen molar-refractivity contribution in [3.63, 3.8) is 0 Å². The largest absolute Gasteiger partial charge is 0.355 e. The molecule has 0 atom stereocenters. The first-order valence-electron chi connectivity index (χ1n) is 9.69. The normalized spacial score (nSPS) is 18.8. The minimum Gasteiger partial charge on any atom is -0.355 e. The van der Waals surface area contributed by atoms with E-state index in [1.807, 2.05) is 13.1 Å². The van der Waals surface area contributed by atoms with Crippen LogP contribution in [-0.4, -0.2) is 47.7 Å². The van der Waals surface area contributed by atoms with Crippen LogP contribution in [0.5, 0.6) is 0 Å². The van der Waals surface area contributed by atoms with Crippen LogP contribution >= 0.6 is 11.3 Å². The highest BCUT2D eigenvalue weighted by atomic mass is 32.1. The summed E-state index contributed by atoms with van der Waals surface area (Å²) in [6, 6.07) is 7.18. The van der Waals surface area contributed by atoms with Crippen LogP contribution in [0.1, 0.15) is 24.1 Å². The summed E-state index contributed by atoms with van der Waals surface area (Å²) >= 11 is 1.77. The minimum absolute atomic E-state index is 0.600. The molecule has 27 heavy (non-hydrogen) atoms. The second-order valence-electron chi connectivity index (χ2n) is 7.76. The Hall–Kier alpha value is -2.02. The van der Waals surface area contributed by atoms with E-state index in [1.54, 1.807) is 11.3 Å². The Balaban J connectivity index is 1.62.